The average molecular weight is 362 g/mol. The number of nitrogens with one attached hydrogen (secondary N) is 1. The fourth-order valence-electron chi connectivity index (χ4n) is 3.61. The second kappa shape index (κ2) is 7.61. The third-order valence-electron chi connectivity index (χ3n) is 4.97. The summed E-state index contributed by atoms with van der Waals surface area (Å²) in [6.07, 6.45) is 3.85. The number of hydrogen-bond acceptors (Lipinski definition) is 4. The van der Waals surface area contributed by atoms with Crippen molar-refractivity contribution in [2.45, 2.75) is 19.4 Å². The average Bonchev–Trinajstić information content (AvgIpc) is 2.70. The molecule has 6 nitrogen and oxygen atoms in total. The van der Waals surface area contributed by atoms with E-state index in [0.717, 1.165) is 31.3 Å². The van der Waals surface area contributed by atoms with Gasteiger partial charge >= 0.3 is 0 Å². The quantitative estimate of drug-likeness (QED) is 0.754. The largest absolute Gasteiger partial charge is 0.370 e. The van der Waals surface area contributed by atoms with Crippen LogP contribution in [0, 0.1) is 0 Å². The molecule has 2 aromatic carbocycles. The molecule has 0 saturated heterocycles. The summed E-state index contributed by atoms with van der Waals surface area (Å²) in [6, 6.07) is 15.7. The van der Waals surface area contributed by atoms with E-state index in [2.05, 4.69) is 33.5 Å². The van der Waals surface area contributed by atoms with Crippen molar-refractivity contribution in [1.29, 1.82) is 0 Å². The summed E-state index contributed by atoms with van der Waals surface area (Å²) in [5, 5.41) is 8.37. The molecule has 0 unspecified atom stereocenters. The molecule has 27 heavy (non-hydrogen) atoms. The SMILES string of the molecule is O=C(Cn1ncc2ccccc2c1=O)NCCN1CCCc2ccccc21. The van der Waals surface area contributed by atoms with Crippen LogP contribution in [0.25, 0.3) is 10.8 Å². The minimum Gasteiger partial charge on any atom is -0.370 e. The predicted molar refractivity (Wildman–Crippen MR) is 106 cm³/mol. The predicted octanol–water partition coefficient (Wildman–Crippen LogP) is 1.97. The van der Waals surface area contributed by atoms with E-state index in [1.807, 2.05) is 24.3 Å². The second-order valence-electron chi connectivity index (χ2n) is 6.76. The van der Waals surface area contributed by atoms with Crippen LogP contribution in [0.15, 0.2) is 59.5 Å². The zero-order valence-electron chi connectivity index (χ0n) is 15.1. The van der Waals surface area contributed by atoms with Crippen LogP contribution in [0.3, 0.4) is 0 Å². The maximum atomic E-state index is 12.4. The normalized spacial score (nSPS) is 13.4. The van der Waals surface area contributed by atoms with E-state index < -0.39 is 0 Å². The molecule has 3 aromatic rings. The minimum atomic E-state index is -0.242. The first kappa shape index (κ1) is 17.3. The van der Waals surface area contributed by atoms with Crippen LogP contribution in [-0.2, 0) is 17.8 Å². The summed E-state index contributed by atoms with van der Waals surface area (Å²) in [5.74, 6) is -0.204. The van der Waals surface area contributed by atoms with Crippen molar-refractivity contribution in [3.05, 3.63) is 70.6 Å². The zero-order chi connectivity index (χ0) is 18.6. The number of hydrogen-bond donors (Lipinski definition) is 1. The lowest BCUT2D eigenvalue weighted by molar-refractivity contribution is -0.121. The van der Waals surface area contributed by atoms with Gasteiger partial charge in [0.1, 0.15) is 6.54 Å². The van der Waals surface area contributed by atoms with Crippen LogP contribution < -0.4 is 15.8 Å². The molecular weight excluding hydrogens is 340 g/mol. The van der Waals surface area contributed by atoms with Crippen LogP contribution in [0.2, 0.25) is 0 Å². The van der Waals surface area contributed by atoms with E-state index in [1.165, 1.54) is 15.9 Å². The number of para-hydroxylation sites is 1. The Bertz CT molecular complexity index is 1030. The molecule has 1 amide bonds. The molecule has 4 rings (SSSR count). The van der Waals surface area contributed by atoms with Crippen molar-refractivity contribution in [2.75, 3.05) is 24.5 Å². The van der Waals surface area contributed by atoms with Crippen LogP contribution in [0.1, 0.15) is 12.0 Å². The zero-order valence-corrected chi connectivity index (χ0v) is 15.1. The molecule has 138 valence electrons. The van der Waals surface area contributed by atoms with Crippen molar-refractivity contribution in [3.8, 4) is 0 Å². The minimum absolute atomic E-state index is 0.0692. The molecule has 1 N–H and O–H groups in total. The van der Waals surface area contributed by atoms with E-state index in [4.69, 9.17) is 0 Å². The number of aromatic nitrogens is 2. The van der Waals surface area contributed by atoms with Gasteiger partial charge in [-0.2, -0.15) is 5.10 Å². The molecule has 0 atom stereocenters. The van der Waals surface area contributed by atoms with E-state index in [1.54, 1.807) is 12.3 Å². The van der Waals surface area contributed by atoms with Gasteiger partial charge in [-0.05, 0) is 30.5 Å². The maximum absolute atomic E-state index is 12.4. The Kier molecular flexibility index (Phi) is 4.87. The first-order chi connectivity index (χ1) is 13.2. The Labute approximate surface area is 157 Å². The van der Waals surface area contributed by atoms with Crippen LogP contribution >= 0.6 is 0 Å². The number of carbonyl (C=O) groups is 1. The summed E-state index contributed by atoms with van der Waals surface area (Å²) in [5.41, 5.74) is 2.38. The number of nitrogens with zero attached hydrogens (tertiary/aromatic N) is 3. The first-order valence-electron chi connectivity index (χ1n) is 9.27. The molecule has 0 radical (unpaired) electrons. The van der Waals surface area contributed by atoms with Gasteiger partial charge in [0.2, 0.25) is 5.91 Å². The molecular formula is C21H22N4O2. The van der Waals surface area contributed by atoms with E-state index in [9.17, 15) is 9.59 Å². The summed E-state index contributed by atoms with van der Waals surface area (Å²) < 4.78 is 1.22. The van der Waals surface area contributed by atoms with E-state index >= 15 is 0 Å². The van der Waals surface area contributed by atoms with Crippen molar-refractivity contribution in [3.63, 3.8) is 0 Å². The van der Waals surface area contributed by atoms with Crippen molar-refractivity contribution >= 4 is 22.4 Å². The van der Waals surface area contributed by atoms with Gasteiger partial charge in [-0.1, -0.05) is 36.4 Å². The lowest BCUT2D eigenvalue weighted by atomic mass is 10.0. The fraction of sp³-hybridized carbons (Fsp3) is 0.286. The number of amides is 1. The summed E-state index contributed by atoms with van der Waals surface area (Å²) >= 11 is 0. The Hall–Kier alpha value is -3.15. The molecule has 0 saturated carbocycles. The molecule has 6 heteroatoms. The van der Waals surface area contributed by atoms with E-state index in [-0.39, 0.29) is 18.0 Å². The fourth-order valence-corrected chi connectivity index (χ4v) is 3.61. The van der Waals surface area contributed by atoms with Gasteiger partial charge in [-0.25, -0.2) is 4.68 Å². The third-order valence-corrected chi connectivity index (χ3v) is 4.97. The Morgan fingerprint density at radius 2 is 1.93 bits per heavy atom. The molecule has 1 aliphatic heterocycles. The van der Waals surface area contributed by atoms with Gasteiger partial charge in [0.25, 0.3) is 5.56 Å². The smallest absolute Gasteiger partial charge is 0.275 e. The monoisotopic (exact) mass is 362 g/mol. The Balaban J connectivity index is 1.36. The number of aryl methyl sites for hydroxylation is 1. The highest BCUT2D eigenvalue weighted by Gasteiger charge is 2.16. The number of benzene rings is 2. The number of fused-ring (bicyclic) bond motifs is 2. The molecule has 0 aliphatic carbocycles. The van der Waals surface area contributed by atoms with Gasteiger partial charge in [-0.15, -0.1) is 0 Å². The van der Waals surface area contributed by atoms with Crippen LogP contribution in [0.4, 0.5) is 5.69 Å². The van der Waals surface area contributed by atoms with Crippen molar-refractivity contribution < 1.29 is 4.79 Å². The van der Waals surface area contributed by atoms with Crippen LogP contribution in [-0.4, -0.2) is 35.3 Å². The summed E-state index contributed by atoms with van der Waals surface area (Å²) in [7, 11) is 0. The number of carbonyl (C=O) groups excluding carboxylic acids is 1. The third kappa shape index (κ3) is 3.69. The summed E-state index contributed by atoms with van der Waals surface area (Å²) in [4.78, 5) is 27.0. The summed E-state index contributed by atoms with van der Waals surface area (Å²) in [6.45, 7) is 2.22. The topological polar surface area (TPSA) is 67.2 Å². The van der Waals surface area contributed by atoms with E-state index in [0.29, 0.717) is 11.9 Å². The van der Waals surface area contributed by atoms with Crippen molar-refractivity contribution in [2.24, 2.45) is 0 Å². The molecule has 0 fully saturated rings. The maximum Gasteiger partial charge on any atom is 0.275 e. The molecule has 2 heterocycles. The van der Waals surface area contributed by atoms with Gasteiger partial charge in [-0.3, -0.25) is 9.59 Å². The number of rotatable bonds is 5. The van der Waals surface area contributed by atoms with Gasteiger partial charge in [0.15, 0.2) is 0 Å². The first-order valence-corrected chi connectivity index (χ1v) is 9.27. The lowest BCUT2D eigenvalue weighted by Gasteiger charge is -2.31. The van der Waals surface area contributed by atoms with Gasteiger partial charge in [0.05, 0.1) is 11.6 Å². The van der Waals surface area contributed by atoms with Gasteiger partial charge in [0, 0.05) is 30.7 Å². The molecule has 1 aliphatic rings. The molecule has 1 aromatic heterocycles. The highest BCUT2D eigenvalue weighted by Crippen LogP contribution is 2.25. The Morgan fingerprint density at radius 3 is 2.85 bits per heavy atom. The molecule has 0 spiro atoms. The van der Waals surface area contributed by atoms with Gasteiger partial charge < -0.3 is 10.2 Å². The highest BCUT2D eigenvalue weighted by molar-refractivity contribution is 5.81. The van der Waals surface area contributed by atoms with Crippen LogP contribution in [0.5, 0.6) is 0 Å². The number of anilines is 1. The standard InChI is InChI=1S/C21H22N4O2/c26-20(15-25-21(27)18-9-3-1-7-17(18)14-23-25)22-11-13-24-12-5-8-16-6-2-4-10-19(16)24/h1-4,6-7,9-10,14H,5,8,11-13,15H2,(H,22,26). The second-order valence-corrected chi connectivity index (χ2v) is 6.76. The Morgan fingerprint density at radius 1 is 1.11 bits per heavy atom. The lowest BCUT2D eigenvalue weighted by Crippen LogP contribution is -2.40. The van der Waals surface area contributed by atoms with Crippen molar-refractivity contribution in [1.82, 2.24) is 15.1 Å². The molecule has 0 bridgehead atoms. The highest BCUT2D eigenvalue weighted by atomic mass is 16.2.